The molecule has 0 radical (unpaired) electrons. The summed E-state index contributed by atoms with van der Waals surface area (Å²) in [4.78, 5) is 11.4. The lowest BCUT2D eigenvalue weighted by Crippen LogP contribution is -2.14. The maximum atomic E-state index is 11.4. The van der Waals surface area contributed by atoms with E-state index in [9.17, 15) is 9.90 Å². The van der Waals surface area contributed by atoms with Crippen molar-refractivity contribution in [2.75, 3.05) is 7.11 Å². The van der Waals surface area contributed by atoms with Crippen molar-refractivity contribution in [2.24, 2.45) is 0 Å². The van der Waals surface area contributed by atoms with Gasteiger partial charge in [-0.15, -0.1) is 0 Å². The van der Waals surface area contributed by atoms with Crippen LogP contribution in [0.5, 0.6) is 11.5 Å². The molecular weight excluding hydrogens is 370 g/mol. The molecule has 0 heterocycles. The van der Waals surface area contributed by atoms with Gasteiger partial charge >= 0.3 is 0 Å². The highest BCUT2D eigenvalue weighted by Crippen LogP contribution is 2.31. The van der Waals surface area contributed by atoms with Crippen LogP contribution in [0.3, 0.4) is 0 Å². The van der Waals surface area contributed by atoms with E-state index >= 15 is 0 Å². The third-order valence-corrected chi connectivity index (χ3v) is 4.34. The summed E-state index contributed by atoms with van der Waals surface area (Å²) in [5, 5.41) is 18.5. The number of amides is 1. The number of aliphatic hydroxyl groups is 1. The van der Waals surface area contributed by atoms with Crippen LogP contribution >= 0.6 is 0 Å². The number of rotatable bonds is 9. The molecule has 0 spiro atoms. The Morgan fingerprint density at radius 3 is 2.45 bits per heavy atom. The van der Waals surface area contributed by atoms with Crippen molar-refractivity contribution in [1.29, 1.82) is 0 Å². The lowest BCUT2D eigenvalue weighted by atomic mass is 9.98. The summed E-state index contributed by atoms with van der Waals surface area (Å²) >= 11 is 0. The lowest BCUT2D eigenvalue weighted by Gasteiger charge is -2.17. The van der Waals surface area contributed by atoms with Gasteiger partial charge in [0.2, 0.25) is 0 Å². The zero-order valence-electron chi connectivity index (χ0n) is 16.9. The number of nitrogens with one attached hydrogen (secondary N) is 1. The summed E-state index contributed by atoms with van der Waals surface area (Å²) in [5.74, 6) is 0.717. The predicted octanol–water partition coefficient (Wildman–Crippen LogP) is 3.79. The number of carbonyl (C=O) groups is 1. The van der Waals surface area contributed by atoms with Crippen LogP contribution < -0.4 is 15.0 Å². The van der Waals surface area contributed by atoms with Crippen LogP contribution in [0.15, 0.2) is 54.1 Å². The number of carbonyl (C=O) groups excluding carboxylic acids is 1. The fourth-order valence-corrected chi connectivity index (χ4v) is 2.75. The molecule has 2 rings (SSSR count). The fourth-order valence-electron chi connectivity index (χ4n) is 2.75. The van der Waals surface area contributed by atoms with E-state index in [0.29, 0.717) is 24.3 Å². The van der Waals surface area contributed by atoms with E-state index in [1.54, 1.807) is 24.7 Å². The molecule has 2 aromatic rings. The van der Waals surface area contributed by atoms with E-state index < -0.39 is 5.91 Å². The van der Waals surface area contributed by atoms with Gasteiger partial charge in [-0.2, -0.15) is 0 Å². The van der Waals surface area contributed by atoms with Crippen LogP contribution in [0.4, 0.5) is 0 Å². The zero-order valence-corrected chi connectivity index (χ0v) is 16.9. The Morgan fingerprint density at radius 2 is 1.86 bits per heavy atom. The average molecular weight is 397 g/mol. The molecule has 6 heteroatoms. The molecule has 3 N–H and O–H groups in total. The Morgan fingerprint density at radius 1 is 1.14 bits per heavy atom. The van der Waals surface area contributed by atoms with Crippen molar-refractivity contribution in [3.63, 3.8) is 0 Å². The summed E-state index contributed by atoms with van der Waals surface area (Å²) in [6.07, 6.45) is 5.44. The molecule has 0 aromatic heterocycles. The van der Waals surface area contributed by atoms with Gasteiger partial charge in [0, 0.05) is 17.2 Å². The highest BCUT2D eigenvalue weighted by Gasteiger charge is 2.13. The molecule has 2 aromatic carbocycles. The van der Waals surface area contributed by atoms with Gasteiger partial charge in [0.05, 0.1) is 13.7 Å². The SMILES string of the molecule is COc1ccc(COc2c(/C=C\C(=O)NO)ccc(CO)c2CC=C(C)C)cc1. The van der Waals surface area contributed by atoms with Crippen molar-refractivity contribution in [3.8, 4) is 11.5 Å². The van der Waals surface area contributed by atoms with Gasteiger partial charge in [-0.05, 0) is 49.6 Å². The van der Waals surface area contributed by atoms with Crippen molar-refractivity contribution in [3.05, 3.63) is 76.4 Å². The number of hydroxylamine groups is 1. The first-order valence-corrected chi connectivity index (χ1v) is 9.25. The second-order valence-corrected chi connectivity index (χ2v) is 6.71. The molecule has 154 valence electrons. The van der Waals surface area contributed by atoms with Crippen LogP contribution in [0, 0.1) is 0 Å². The van der Waals surface area contributed by atoms with Gasteiger partial charge in [-0.25, -0.2) is 5.48 Å². The minimum atomic E-state index is -0.636. The molecule has 0 saturated heterocycles. The van der Waals surface area contributed by atoms with E-state index in [1.807, 2.05) is 44.2 Å². The molecule has 0 aliphatic rings. The molecule has 0 saturated carbocycles. The summed E-state index contributed by atoms with van der Waals surface area (Å²) < 4.78 is 11.3. The molecule has 0 atom stereocenters. The number of ether oxygens (including phenoxy) is 2. The molecule has 0 unspecified atom stereocenters. The molecular formula is C23H27NO5. The number of methoxy groups -OCH3 is 1. The fraction of sp³-hybridized carbons (Fsp3) is 0.261. The molecule has 29 heavy (non-hydrogen) atoms. The minimum Gasteiger partial charge on any atom is -0.497 e. The van der Waals surface area contributed by atoms with E-state index in [0.717, 1.165) is 28.0 Å². The van der Waals surface area contributed by atoms with Crippen LogP contribution in [0.2, 0.25) is 0 Å². The van der Waals surface area contributed by atoms with E-state index in [2.05, 4.69) is 6.08 Å². The monoisotopic (exact) mass is 397 g/mol. The topological polar surface area (TPSA) is 88.0 Å². The molecule has 0 bridgehead atoms. The maximum absolute atomic E-state index is 11.4. The largest absolute Gasteiger partial charge is 0.497 e. The first-order chi connectivity index (χ1) is 14.0. The second-order valence-electron chi connectivity index (χ2n) is 6.71. The van der Waals surface area contributed by atoms with Crippen LogP contribution in [-0.2, 0) is 24.4 Å². The maximum Gasteiger partial charge on any atom is 0.267 e. The lowest BCUT2D eigenvalue weighted by molar-refractivity contribution is -0.124. The zero-order chi connectivity index (χ0) is 21.2. The standard InChI is InChI=1S/C23H27NO5/c1-16(2)4-12-21-19(14-25)8-7-18(9-13-22(26)24-27)23(21)29-15-17-5-10-20(28-3)11-6-17/h4-11,13,25,27H,12,14-15H2,1-3H3,(H,24,26)/b13-9-. The summed E-state index contributed by atoms with van der Waals surface area (Å²) in [5.41, 5.74) is 5.97. The Balaban J connectivity index is 2.42. The number of hydrogen-bond donors (Lipinski definition) is 3. The Bertz CT molecular complexity index is 881. The number of allylic oxidation sites excluding steroid dienone is 2. The van der Waals surface area contributed by atoms with E-state index in [1.165, 1.54) is 6.08 Å². The highest BCUT2D eigenvalue weighted by atomic mass is 16.5. The molecule has 0 fully saturated rings. The highest BCUT2D eigenvalue weighted by molar-refractivity contribution is 5.91. The minimum absolute atomic E-state index is 0.119. The number of aliphatic hydroxyl groups excluding tert-OH is 1. The smallest absolute Gasteiger partial charge is 0.267 e. The number of hydrogen-bond acceptors (Lipinski definition) is 5. The molecule has 1 amide bonds. The molecule has 6 nitrogen and oxygen atoms in total. The van der Waals surface area contributed by atoms with Gasteiger partial charge in [0.25, 0.3) is 5.91 Å². The summed E-state index contributed by atoms with van der Waals surface area (Å²) in [6, 6.07) is 11.1. The Labute approximate surface area is 171 Å². The van der Waals surface area contributed by atoms with E-state index in [-0.39, 0.29) is 6.61 Å². The van der Waals surface area contributed by atoms with Crippen molar-refractivity contribution >= 4 is 12.0 Å². The third-order valence-electron chi connectivity index (χ3n) is 4.34. The van der Waals surface area contributed by atoms with Gasteiger partial charge in [0.1, 0.15) is 18.1 Å². The van der Waals surface area contributed by atoms with Gasteiger partial charge in [0.15, 0.2) is 0 Å². The van der Waals surface area contributed by atoms with Gasteiger partial charge < -0.3 is 14.6 Å². The van der Waals surface area contributed by atoms with E-state index in [4.69, 9.17) is 14.7 Å². The van der Waals surface area contributed by atoms with Crippen molar-refractivity contribution < 1.29 is 24.6 Å². The normalized spacial score (nSPS) is 10.7. The second kappa shape index (κ2) is 11.0. The van der Waals surface area contributed by atoms with Gasteiger partial charge in [-0.3, -0.25) is 10.0 Å². The van der Waals surface area contributed by atoms with Gasteiger partial charge in [-0.1, -0.05) is 35.9 Å². The van der Waals surface area contributed by atoms with Crippen molar-refractivity contribution in [1.82, 2.24) is 5.48 Å². The predicted molar refractivity (Wildman–Crippen MR) is 112 cm³/mol. The van der Waals surface area contributed by atoms with Crippen LogP contribution in [-0.4, -0.2) is 23.3 Å². The Hall–Kier alpha value is -3.09. The van der Waals surface area contributed by atoms with Crippen molar-refractivity contribution in [2.45, 2.75) is 33.5 Å². The Kier molecular flexibility index (Phi) is 8.45. The molecule has 0 aliphatic carbocycles. The average Bonchev–Trinajstić information content (AvgIpc) is 2.74. The van der Waals surface area contributed by atoms with Crippen LogP contribution in [0.25, 0.3) is 6.08 Å². The summed E-state index contributed by atoms with van der Waals surface area (Å²) in [6.45, 7) is 4.21. The van der Waals surface area contributed by atoms with Crippen LogP contribution in [0.1, 0.15) is 36.1 Å². The molecule has 0 aliphatic heterocycles. The summed E-state index contributed by atoms with van der Waals surface area (Å²) in [7, 11) is 1.61. The quantitative estimate of drug-likeness (QED) is 0.259. The third kappa shape index (κ3) is 6.48. The first kappa shape index (κ1) is 22.2. The first-order valence-electron chi connectivity index (χ1n) is 9.25. The number of benzene rings is 2.